The second kappa shape index (κ2) is 20.0. The Bertz CT molecular complexity index is 2590. The zero-order valence-electron chi connectivity index (χ0n) is 36.5. The molecule has 0 bridgehead atoms. The number of hydrogen-bond acceptors (Lipinski definition) is 11. The number of sulfone groups is 1. The van der Waals surface area contributed by atoms with Crippen molar-refractivity contribution in [2.45, 2.75) is 91.1 Å². The van der Waals surface area contributed by atoms with Crippen molar-refractivity contribution in [2.75, 3.05) is 56.1 Å². The third-order valence-electron chi connectivity index (χ3n) is 11.8. The number of piperidine rings is 1. The summed E-state index contributed by atoms with van der Waals surface area (Å²) < 4.78 is 72.6. The van der Waals surface area contributed by atoms with E-state index in [0.29, 0.717) is 48.6 Å². The molecule has 0 aliphatic carbocycles. The highest BCUT2D eigenvalue weighted by atomic mass is 35.5. The van der Waals surface area contributed by atoms with Gasteiger partial charge in [0.05, 0.1) is 25.9 Å². The predicted molar refractivity (Wildman–Crippen MR) is 253 cm³/mol. The smallest absolute Gasteiger partial charge is 0.263 e. The highest BCUT2D eigenvalue weighted by Gasteiger charge is 2.35. The number of hydrogen-bond donors (Lipinski definition) is 2. The molecule has 0 unspecified atom stereocenters. The molecule has 4 aromatic carbocycles. The van der Waals surface area contributed by atoms with Gasteiger partial charge in [-0.15, -0.1) is 11.8 Å². The van der Waals surface area contributed by atoms with Gasteiger partial charge in [-0.2, -0.15) is 0 Å². The van der Waals surface area contributed by atoms with Gasteiger partial charge >= 0.3 is 0 Å². The van der Waals surface area contributed by atoms with Crippen molar-refractivity contribution in [3.05, 3.63) is 125 Å². The van der Waals surface area contributed by atoms with Crippen LogP contribution in [0.5, 0.6) is 0 Å². The summed E-state index contributed by atoms with van der Waals surface area (Å²) in [6, 6.07) is 27.1. The first-order valence-corrected chi connectivity index (χ1v) is 25.6. The van der Waals surface area contributed by atoms with Crippen molar-refractivity contribution in [2.24, 2.45) is 0 Å². The van der Waals surface area contributed by atoms with E-state index in [-0.39, 0.29) is 27.5 Å². The van der Waals surface area contributed by atoms with Crippen molar-refractivity contribution in [3.63, 3.8) is 0 Å². The molecule has 11 nitrogen and oxygen atoms in total. The molecular weight excluding hydrogens is 877 g/mol. The predicted octanol–water partition coefficient (Wildman–Crippen LogP) is 8.86. The summed E-state index contributed by atoms with van der Waals surface area (Å²) in [5.41, 5.74) is 4.78. The number of anilines is 2. The van der Waals surface area contributed by atoms with Crippen LogP contribution >= 0.6 is 23.4 Å². The molecule has 5 aromatic rings. The van der Waals surface area contributed by atoms with Gasteiger partial charge in [-0.1, -0.05) is 48.0 Å². The first-order valence-electron chi connectivity index (χ1n) is 21.3. The molecule has 1 saturated heterocycles. The van der Waals surface area contributed by atoms with Crippen LogP contribution in [0.1, 0.15) is 56.9 Å². The molecule has 7 rings (SSSR count). The van der Waals surface area contributed by atoms with Crippen LogP contribution < -0.4 is 10.0 Å². The molecule has 1 aromatic heterocycles. The van der Waals surface area contributed by atoms with E-state index >= 15 is 0 Å². The van der Waals surface area contributed by atoms with Crippen molar-refractivity contribution in [3.8, 4) is 11.1 Å². The fourth-order valence-electron chi connectivity index (χ4n) is 8.13. The van der Waals surface area contributed by atoms with Gasteiger partial charge in [-0.25, -0.2) is 31.2 Å². The summed E-state index contributed by atoms with van der Waals surface area (Å²) in [7, 11) is -4.28. The molecule has 1 atom stereocenters. The van der Waals surface area contributed by atoms with E-state index in [0.717, 1.165) is 71.7 Å². The number of halogens is 2. The Morgan fingerprint density at radius 2 is 1.65 bits per heavy atom. The minimum atomic E-state index is -4.27. The van der Waals surface area contributed by atoms with E-state index in [1.54, 1.807) is 44.7 Å². The Balaban J connectivity index is 1.04. The van der Waals surface area contributed by atoms with Gasteiger partial charge in [-0.05, 0) is 151 Å². The molecule has 0 radical (unpaired) electrons. The molecule has 1 fully saturated rings. The Kier molecular flexibility index (Phi) is 14.9. The molecule has 16 heteroatoms. The van der Waals surface area contributed by atoms with E-state index in [1.165, 1.54) is 24.5 Å². The molecule has 0 spiro atoms. The lowest BCUT2D eigenvalue weighted by Gasteiger charge is -2.40. The van der Waals surface area contributed by atoms with E-state index in [2.05, 4.69) is 34.7 Å². The third kappa shape index (κ3) is 11.6. The molecular formula is C47H57ClFN7O4S3. The second-order valence-electron chi connectivity index (χ2n) is 17.6. The van der Waals surface area contributed by atoms with E-state index in [4.69, 9.17) is 11.6 Å². The quantitative estimate of drug-likeness (QED) is 0.0922. The number of nitrogens with one attached hydrogen (secondary N) is 2. The Morgan fingerprint density at radius 1 is 0.921 bits per heavy atom. The first kappa shape index (κ1) is 46.9. The number of fused-ring (bicyclic) bond motifs is 1. The topological polar surface area (TPSA) is 128 Å². The second-order valence-corrected chi connectivity index (χ2v) is 23.5. The summed E-state index contributed by atoms with van der Waals surface area (Å²) in [4.78, 5) is 16.7. The Morgan fingerprint density at radius 3 is 2.35 bits per heavy atom. The number of nitrogens with zero attached hydrogens (tertiary/aromatic N) is 5. The van der Waals surface area contributed by atoms with Crippen LogP contribution in [0.4, 0.5) is 15.9 Å². The van der Waals surface area contributed by atoms with Gasteiger partial charge in [0.15, 0.2) is 9.84 Å². The van der Waals surface area contributed by atoms with Crippen LogP contribution in [-0.4, -0.2) is 104 Å². The largest absolute Gasteiger partial charge is 0.380 e. The molecule has 336 valence electrons. The zero-order chi connectivity index (χ0) is 44.9. The maximum atomic E-state index is 14.4. The lowest BCUT2D eigenvalue weighted by atomic mass is 9.96. The number of benzene rings is 4. The van der Waals surface area contributed by atoms with Crippen LogP contribution in [0.3, 0.4) is 0 Å². The van der Waals surface area contributed by atoms with Gasteiger partial charge in [0, 0.05) is 53.0 Å². The fourth-order valence-corrected chi connectivity index (χ4v) is 11.8. The summed E-state index contributed by atoms with van der Waals surface area (Å²) in [6.07, 6.45) is 4.52. The van der Waals surface area contributed by atoms with E-state index < -0.39 is 24.6 Å². The minimum absolute atomic E-state index is 0.0678. The Hall–Kier alpha value is -4.09. The molecule has 3 heterocycles. The average Bonchev–Trinajstić information content (AvgIpc) is 3.25. The monoisotopic (exact) mass is 933 g/mol. The van der Waals surface area contributed by atoms with Gasteiger partial charge in [-0.3, -0.25) is 14.5 Å². The average molecular weight is 935 g/mol. The standard InChI is InChI=1S/C47H57ClFN7O4S3/c1-47(2,3)62(57,58)45-28-40(16-18-43(45)52-37(19-23-54(4)5)31-61-39-9-7-6-8-10-39)63(59,60)53-46-42-22-26-56(30-44(42)50-32-51-46)38-20-24-55(25-21-38)29-34-27-36(49)15-17-41(34)33-11-13-35(48)14-12-33/h6-18,27-28,32,37-38,52H,19-26,29-31H2,1-5H3,(H,50,51,53)/t37-/m1/s1. The maximum absolute atomic E-state index is 14.4. The molecule has 2 aliphatic rings. The van der Waals surface area contributed by atoms with Gasteiger partial charge in [0.2, 0.25) is 0 Å². The van der Waals surface area contributed by atoms with E-state index in [9.17, 15) is 21.2 Å². The number of thioether (sulfide) groups is 1. The van der Waals surface area contributed by atoms with Gasteiger partial charge < -0.3 is 10.2 Å². The van der Waals surface area contributed by atoms with Crippen molar-refractivity contribution >= 4 is 54.7 Å². The summed E-state index contributed by atoms with van der Waals surface area (Å²) in [5.74, 6) is 0.615. The van der Waals surface area contributed by atoms with Crippen LogP contribution in [0, 0.1) is 5.82 Å². The molecule has 63 heavy (non-hydrogen) atoms. The van der Waals surface area contributed by atoms with Crippen LogP contribution in [0.15, 0.2) is 112 Å². The minimum Gasteiger partial charge on any atom is -0.380 e. The summed E-state index contributed by atoms with van der Waals surface area (Å²) >= 11 is 7.81. The van der Waals surface area contributed by atoms with Crippen molar-refractivity contribution in [1.29, 1.82) is 0 Å². The SMILES string of the molecule is CN(C)CC[C@H](CSc1ccccc1)Nc1ccc(S(=O)(=O)Nc2ncnc3c2CCN(C2CCN(Cc4cc(F)ccc4-c4ccc(Cl)cc4)CC2)C3)cc1S(=O)(=O)C(C)(C)C. The molecule has 0 amide bonds. The number of aromatic nitrogens is 2. The number of likely N-dealkylation sites (tertiary alicyclic amines) is 1. The third-order valence-corrected chi connectivity index (χ3v) is 17.1. The molecule has 2 aliphatic heterocycles. The first-order chi connectivity index (χ1) is 30.0. The van der Waals surface area contributed by atoms with Crippen molar-refractivity contribution in [1.82, 2.24) is 24.7 Å². The lowest BCUT2D eigenvalue weighted by molar-refractivity contribution is 0.0937. The fraction of sp³-hybridized carbons (Fsp3) is 0.404. The number of sulfonamides is 1. The normalized spacial score (nSPS) is 16.2. The highest BCUT2D eigenvalue weighted by Crippen LogP contribution is 2.36. The van der Waals surface area contributed by atoms with Gasteiger partial charge in [0.1, 0.15) is 18.0 Å². The Labute approximate surface area is 381 Å². The van der Waals surface area contributed by atoms with Crippen LogP contribution in [-0.2, 0) is 39.4 Å². The van der Waals surface area contributed by atoms with E-state index in [1.807, 2.05) is 74.8 Å². The molecule has 2 N–H and O–H groups in total. The zero-order valence-corrected chi connectivity index (χ0v) is 39.7. The maximum Gasteiger partial charge on any atom is 0.263 e. The number of rotatable bonds is 16. The summed E-state index contributed by atoms with van der Waals surface area (Å²) in [6.45, 7) is 9.22. The van der Waals surface area contributed by atoms with Crippen molar-refractivity contribution < 1.29 is 21.2 Å². The van der Waals surface area contributed by atoms with Crippen LogP contribution in [0.25, 0.3) is 11.1 Å². The summed E-state index contributed by atoms with van der Waals surface area (Å²) in [5, 5.41) is 4.14. The highest BCUT2D eigenvalue weighted by molar-refractivity contribution is 7.99. The van der Waals surface area contributed by atoms with Gasteiger partial charge in [0.25, 0.3) is 10.0 Å². The van der Waals surface area contributed by atoms with Crippen LogP contribution in [0.2, 0.25) is 5.02 Å². The lowest BCUT2D eigenvalue weighted by Crippen LogP contribution is -2.46. The molecule has 0 saturated carbocycles.